The van der Waals surface area contributed by atoms with Gasteiger partial charge >= 0.3 is 6.09 Å². The van der Waals surface area contributed by atoms with Crippen LogP contribution in [0.2, 0.25) is 0 Å². The molecule has 10 nitrogen and oxygen atoms in total. The first-order valence-corrected chi connectivity index (χ1v) is 13.7. The quantitative estimate of drug-likeness (QED) is 0.291. The van der Waals surface area contributed by atoms with Gasteiger partial charge in [0.1, 0.15) is 11.3 Å². The van der Waals surface area contributed by atoms with Crippen molar-refractivity contribution < 1.29 is 32.7 Å². The zero-order valence-electron chi connectivity index (χ0n) is 19.3. The van der Waals surface area contributed by atoms with Crippen LogP contribution in [-0.4, -0.2) is 50.4 Å². The number of carbonyl (C=O) groups is 3. The zero-order chi connectivity index (χ0) is 25.5. The number of anilines is 1. The highest BCUT2D eigenvalue weighted by Crippen LogP contribution is 2.47. The van der Waals surface area contributed by atoms with E-state index in [9.17, 15) is 22.8 Å². The lowest BCUT2D eigenvalue weighted by Crippen LogP contribution is -2.43. The van der Waals surface area contributed by atoms with Crippen LogP contribution in [0, 0.1) is 0 Å². The molecule has 3 rings (SSSR count). The third kappa shape index (κ3) is 6.38. The van der Waals surface area contributed by atoms with Crippen molar-refractivity contribution >= 4 is 44.8 Å². The molecule has 35 heavy (non-hydrogen) atoms. The number of hydroxylamine groups is 1. The monoisotopic (exact) mass is 523 g/mol. The summed E-state index contributed by atoms with van der Waals surface area (Å²) >= 11 is 1.27. The van der Waals surface area contributed by atoms with Crippen molar-refractivity contribution in [1.29, 1.82) is 0 Å². The Kier molecular flexibility index (Phi) is 8.87. The minimum absolute atomic E-state index is 0.0134. The van der Waals surface area contributed by atoms with Crippen molar-refractivity contribution in [3.05, 3.63) is 41.3 Å². The van der Waals surface area contributed by atoms with Crippen LogP contribution in [0.5, 0.6) is 0 Å². The summed E-state index contributed by atoms with van der Waals surface area (Å²) in [7, 11) is -3.62. The molecule has 1 aliphatic rings. The van der Waals surface area contributed by atoms with Crippen LogP contribution < -0.4 is 16.1 Å². The molecule has 1 aromatic heterocycles. The first-order valence-electron chi connectivity index (χ1n) is 11.3. The van der Waals surface area contributed by atoms with Crippen molar-refractivity contribution in [1.82, 2.24) is 10.8 Å². The van der Waals surface area contributed by atoms with E-state index < -0.39 is 32.5 Å². The minimum Gasteiger partial charge on any atom is -0.450 e. The second-order valence-corrected chi connectivity index (χ2v) is 11.8. The second-order valence-electron chi connectivity index (χ2n) is 8.26. The average Bonchev–Trinajstić information content (AvgIpc) is 3.33. The van der Waals surface area contributed by atoms with Crippen LogP contribution in [0.1, 0.15) is 43.9 Å². The highest BCUT2D eigenvalue weighted by molar-refractivity contribution is 7.92. The van der Waals surface area contributed by atoms with Crippen LogP contribution >= 0.6 is 11.3 Å². The average molecular weight is 524 g/mol. The van der Waals surface area contributed by atoms with Gasteiger partial charge in [-0.15, -0.1) is 11.3 Å². The lowest BCUT2D eigenvalue weighted by molar-refractivity contribution is -0.130. The Morgan fingerprint density at radius 1 is 1.14 bits per heavy atom. The largest absolute Gasteiger partial charge is 0.450 e. The van der Waals surface area contributed by atoms with Crippen LogP contribution in [-0.2, 0) is 28.9 Å². The fourth-order valence-corrected chi connectivity index (χ4v) is 7.78. The Morgan fingerprint density at radius 3 is 2.66 bits per heavy atom. The highest BCUT2D eigenvalue weighted by Gasteiger charge is 2.49. The lowest BCUT2D eigenvalue weighted by Gasteiger charge is -2.35. The van der Waals surface area contributed by atoms with Gasteiger partial charge in [0.15, 0.2) is 9.84 Å². The molecule has 2 heterocycles. The van der Waals surface area contributed by atoms with Gasteiger partial charge in [-0.25, -0.2) is 18.7 Å². The number of hydrogen-bond acceptors (Lipinski definition) is 8. The topological polar surface area (TPSA) is 151 Å². The predicted octanol–water partition coefficient (Wildman–Crippen LogP) is 3.18. The molecular weight excluding hydrogens is 494 g/mol. The van der Waals surface area contributed by atoms with Gasteiger partial charge in [-0.2, -0.15) is 0 Å². The number of thiophene rings is 1. The molecule has 1 aliphatic heterocycles. The summed E-state index contributed by atoms with van der Waals surface area (Å²) in [5.41, 5.74) is 2.82. The molecule has 4 N–H and O–H groups in total. The first-order chi connectivity index (χ1) is 16.7. The molecule has 1 atom stereocenters. The maximum absolute atomic E-state index is 13.1. The van der Waals surface area contributed by atoms with E-state index in [4.69, 9.17) is 9.94 Å². The Bertz CT molecular complexity index is 1180. The fraction of sp³-hybridized carbons (Fsp3) is 0.435. The van der Waals surface area contributed by atoms with Gasteiger partial charge in [-0.05, 0) is 49.1 Å². The molecule has 2 aromatic rings. The molecule has 0 bridgehead atoms. The van der Waals surface area contributed by atoms with E-state index in [1.165, 1.54) is 11.3 Å². The Balaban J connectivity index is 1.78. The first kappa shape index (κ1) is 26.6. The molecule has 190 valence electrons. The molecule has 1 saturated heterocycles. The van der Waals surface area contributed by atoms with Crippen LogP contribution in [0.25, 0.3) is 10.4 Å². The molecule has 1 aromatic carbocycles. The van der Waals surface area contributed by atoms with Crippen molar-refractivity contribution in [3.8, 4) is 10.4 Å². The summed E-state index contributed by atoms with van der Waals surface area (Å²) in [6.07, 6.45) is 1.16. The molecule has 0 unspecified atom stereocenters. The van der Waals surface area contributed by atoms with Crippen LogP contribution in [0.4, 0.5) is 10.5 Å². The standard InChI is InChI=1S/C23H29N3O7S2/c1-2-11-33-22(29)24-15-21(28)25-17-7-5-6-16(13-17)18-8-9-19(34-18)23(14-20(27)26-30)10-3-4-12-35(23,31)32/h5-9,13,30H,2-4,10-12,14-15H2,1H3,(H,24,29)(H,25,28)(H,26,27)/t23-/m0/s1. The number of hydrogen-bond donors (Lipinski definition) is 4. The second kappa shape index (κ2) is 11.6. The van der Waals surface area contributed by atoms with Gasteiger partial charge < -0.3 is 15.4 Å². The van der Waals surface area contributed by atoms with E-state index in [-0.39, 0.29) is 25.3 Å². The molecule has 0 aliphatic carbocycles. The van der Waals surface area contributed by atoms with Gasteiger partial charge in [0.25, 0.3) is 0 Å². The van der Waals surface area contributed by atoms with E-state index in [1.54, 1.807) is 35.8 Å². The van der Waals surface area contributed by atoms with E-state index in [0.29, 0.717) is 36.2 Å². The van der Waals surface area contributed by atoms with E-state index in [2.05, 4.69) is 10.6 Å². The molecule has 0 spiro atoms. The summed E-state index contributed by atoms with van der Waals surface area (Å²) in [5.74, 6) is -1.19. The predicted molar refractivity (Wildman–Crippen MR) is 132 cm³/mol. The minimum atomic E-state index is -3.62. The number of amides is 3. The SMILES string of the molecule is CCCOC(=O)NCC(=O)Nc1cccc(-c2ccc([C@@]3(CC(=O)NO)CCCCS3(=O)=O)s2)c1. The number of alkyl carbamates (subject to hydrolysis) is 1. The van der Waals surface area contributed by atoms with Gasteiger partial charge in [0.2, 0.25) is 11.8 Å². The van der Waals surface area contributed by atoms with Crippen molar-refractivity contribution in [3.63, 3.8) is 0 Å². The maximum Gasteiger partial charge on any atom is 0.407 e. The summed E-state index contributed by atoms with van der Waals surface area (Å²) in [4.78, 5) is 37.0. The van der Waals surface area contributed by atoms with Gasteiger partial charge in [0, 0.05) is 15.4 Å². The number of sulfone groups is 1. The Hall–Kier alpha value is -2.96. The molecule has 0 saturated carbocycles. The molecule has 3 amide bonds. The molecular formula is C23H29N3O7S2. The fourth-order valence-electron chi connectivity index (χ4n) is 4.01. The van der Waals surface area contributed by atoms with Crippen LogP contribution in [0.3, 0.4) is 0 Å². The molecule has 0 radical (unpaired) electrons. The summed E-state index contributed by atoms with van der Waals surface area (Å²) in [6, 6.07) is 10.5. The van der Waals surface area contributed by atoms with Gasteiger partial charge in [0.05, 0.1) is 18.8 Å². The van der Waals surface area contributed by atoms with Crippen LogP contribution in [0.15, 0.2) is 36.4 Å². The normalized spacial score (nSPS) is 18.9. The number of nitrogens with one attached hydrogen (secondary N) is 3. The van der Waals surface area contributed by atoms with Crippen molar-refractivity contribution in [2.24, 2.45) is 0 Å². The smallest absolute Gasteiger partial charge is 0.407 e. The van der Waals surface area contributed by atoms with Gasteiger partial charge in [-0.1, -0.05) is 25.5 Å². The zero-order valence-corrected chi connectivity index (χ0v) is 21.0. The van der Waals surface area contributed by atoms with E-state index in [0.717, 1.165) is 10.4 Å². The summed E-state index contributed by atoms with van der Waals surface area (Å²) in [5, 5.41) is 14.1. The Morgan fingerprint density at radius 2 is 1.94 bits per heavy atom. The summed E-state index contributed by atoms with van der Waals surface area (Å²) in [6.45, 7) is 1.89. The number of carbonyl (C=O) groups excluding carboxylic acids is 3. The number of benzene rings is 1. The number of ether oxygens (including phenoxy) is 1. The van der Waals surface area contributed by atoms with Crippen molar-refractivity contribution in [2.75, 3.05) is 24.2 Å². The van der Waals surface area contributed by atoms with Crippen molar-refractivity contribution in [2.45, 2.75) is 43.8 Å². The maximum atomic E-state index is 13.1. The molecule has 12 heteroatoms. The summed E-state index contributed by atoms with van der Waals surface area (Å²) < 4.78 is 29.7. The third-order valence-electron chi connectivity index (χ3n) is 5.73. The third-order valence-corrected chi connectivity index (χ3v) is 9.78. The lowest BCUT2D eigenvalue weighted by atomic mass is 9.94. The molecule has 1 fully saturated rings. The van der Waals surface area contributed by atoms with E-state index >= 15 is 0 Å². The van der Waals surface area contributed by atoms with E-state index in [1.807, 2.05) is 13.0 Å². The highest BCUT2D eigenvalue weighted by atomic mass is 32.2. The Labute approximate surface area is 207 Å². The number of rotatable bonds is 9. The van der Waals surface area contributed by atoms with Gasteiger partial charge in [-0.3, -0.25) is 14.8 Å².